The lowest BCUT2D eigenvalue weighted by atomic mass is 9.91. The van der Waals surface area contributed by atoms with Crippen molar-refractivity contribution in [2.24, 2.45) is 11.7 Å². The zero-order chi connectivity index (χ0) is 11.0. The number of amides is 1. The number of aryl methyl sites for hydroxylation is 1. The van der Waals surface area contributed by atoms with Gasteiger partial charge in [0.1, 0.15) is 5.82 Å². The van der Waals surface area contributed by atoms with Gasteiger partial charge < -0.3 is 11.1 Å². The number of fused-ring (bicyclic) bond motifs is 1. The molecule has 2 rings (SSSR count). The summed E-state index contributed by atoms with van der Waals surface area (Å²) >= 11 is 0. The van der Waals surface area contributed by atoms with Crippen LogP contribution in [-0.2, 0) is 11.2 Å². The Morgan fingerprint density at radius 2 is 2.33 bits per heavy atom. The minimum atomic E-state index is -0.311. The van der Waals surface area contributed by atoms with Crippen LogP contribution < -0.4 is 11.1 Å². The Morgan fingerprint density at radius 3 is 3.00 bits per heavy atom. The van der Waals surface area contributed by atoms with E-state index in [1.54, 1.807) is 6.07 Å². The molecule has 1 aliphatic rings. The number of halogens is 1. The highest BCUT2D eigenvalue weighted by Gasteiger charge is 2.27. The van der Waals surface area contributed by atoms with Crippen molar-refractivity contribution in [2.45, 2.75) is 13.3 Å². The van der Waals surface area contributed by atoms with E-state index in [1.165, 1.54) is 6.07 Å². The van der Waals surface area contributed by atoms with Gasteiger partial charge in [-0.3, -0.25) is 4.79 Å². The van der Waals surface area contributed by atoms with Crippen molar-refractivity contribution >= 4 is 11.6 Å². The summed E-state index contributed by atoms with van der Waals surface area (Å²) in [4.78, 5) is 11.5. The lowest BCUT2D eigenvalue weighted by Crippen LogP contribution is -2.35. The molecule has 0 spiro atoms. The van der Waals surface area contributed by atoms with Crippen LogP contribution >= 0.6 is 0 Å². The molecule has 3 nitrogen and oxygen atoms in total. The van der Waals surface area contributed by atoms with E-state index in [9.17, 15) is 9.18 Å². The number of anilines is 1. The van der Waals surface area contributed by atoms with E-state index in [-0.39, 0.29) is 24.2 Å². The number of rotatable bonds is 1. The molecule has 0 saturated carbocycles. The van der Waals surface area contributed by atoms with Gasteiger partial charge in [-0.2, -0.15) is 0 Å². The molecule has 1 unspecified atom stereocenters. The van der Waals surface area contributed by atoms with Gasteiger partial charge in [0, 0.05) is 17.8 Å². The van der Waals surface area contributed by atoms with Crippen molar-refractivity contribution in [3.8, 4) is 0 Å². The highest BCUT2D eigenvalue weighted by molar-refractivity contribution is 5.96. The Bertz CT molecular complexity index is 417. The van der Waals surface area contributed by atoms with E-state index in [1.807, 2.05) is 6.92 Å². The number of nitrogens with two attached hydrogens (primary N) is 1. The van der Waals surface area contributed by atoms with Crippen LogP contribution in [-0.4, -0.2) is 12.5 Å². The Balaban J connectivity index is 2.48. The minimum absolute atomic E-state index is 0.112. The van der Waals surface area contributed by atoms with Gasteiger partial charge in [-0.15, -0.1) is 0 Å². The SMILES string of the molecule is Cc1ccc(F)c2c1NC(=O)C(CN)C2. The van der Waals surface area contributed by atoms with E-state index < -0.39 is 0 Å². The van der Waals surface area contributed by atoms with Gasteiger partial charge in [0.05, 0.1) is 5.92 Å². The maximum Gasteiger partial charge on any atom is 0.229 e. The smallest absolute Gasteiger partial charge is 0.229 e. The molecule has 1 aromatic rings. The highest BCUT2D eigenvalue weighted by atomic mass is 19.1. The van der Waals surface area contributed by atoms with Crippen LogP contribution in [0.15, 0.2) is 12.1 Å². The first-order valence-electron chi connectivity index (χ1n) is 4.92. The van der Waals surface area contributed by atoms with Crippen LogP contribution in [0.25, 0.3) is 0 Å². The summed E-state index contributed by atoms with van der Waals surface area (Å²) in [6, 6.07) is 3.09. The predicted molar refractivity (Wildman–Crippen MR) is 56.0 cm³/mol. The summed E-state index contributed by atoms with van der Waals surface area (Å²) in [5.41, 5.74) is 7.53. The van der Waals surface area contributed by atoms with E-state index in [2.05, 4.69) is 5.32 Å². The molecular weight excluding hydrogens is 195 g/mol. The molecule has 0 fully saturated rings. The topological polar surface area (TPSA) is 55.1 Å². The maximum atomic E-state index is 13.5. The third-order valence-electron chi connectivity index (χ3n) is 2.82. The van der Waals surface area contributed by atoms with E-state index in [0.717, 1.165) is 5.56 Å². The third kappa shape index (κ3) is 1.61. The second-order valence-corrected chi connectivity index (χ2v) is 3.84. The highest BCUT2D eigenvalue weighted by Crippen LogP contribution is 2.30. The van der Waals surface area contributed by atoms with E-state index in [0.29, 0.717) is 17.7 Å². The molecule has 1 heterocycles. The molecule has 1 aromatic carbocycles. The fourth-order valence-electron chi connectivity index (χ4n) is 1.87. The summed E-state index contributed by atoms with van der Waals surface area (Å²) in [6.45, 7) is 2.10. The number of hydrogen-bond donors (Lipinski definition) is 2. The monoisotopic (exact) mass is 208 g/mol. The van der Waals surface area contributed by atoms with Gasteiger partial charge >= 0.3 is 0 Å². The fourth-order valence-corrected chi connectivity index (χ4v) is 1.87. The van der Waals surface area contributed by atoms with Crippen LogP contribution in [0.2, 0.25) is 0 Å². The molecule has 80 valence electrons. The molecule has 15 heavy (non-hydrogen) atoms. The predicted octanol–water partition coefficient (Wildman–Crippen LogP) is 1.20. The average Bonchev–Trinajstić information content (AvgIpc) is 2.23. The second kappa shape index (κ2) is 3.62. The van der Waals surface area contributed by atoms with Crippen molar-refractivity contribution in [3.05, 3.63) is 29.1 Å². The molecule has 0 saturated heterocycles. The lowest BCUT2D eigenvalue weighted by molar-refractivity contribution is -0.119. The third-order valence-corrected chi connectivity index (χ3v) is 2.82. The Labute approximate surface area is 87.5 Å². The lowest BCUT2D eigenvalue weighted by Gasteiger charge is -2.25. The zero-order valence-electron chi connectivity index (χ0n) is 8.51. The van der Waals surface area contributed by atoms with Gasteiger partial charge in [0.2, 0.25) is 5.91 Å². The van der Waals surface area contributed by atoms with Crippen molar-refractivity contribution in [1.29, 1.82) is 0 Å². The van der Waals surface area contributed by atoms with Crippen molar-refractivity contribution in [3.63, 3.8) is 0 Å². The van der Waals surface area contributed by atoms with Gasteiger partial charge in [-0.05, 0) is 25.0 Å². The number of nitrogens with one attached hydrogen (secondary N) is 1. The van der Waals surface area contributed by atoms with Gasteiger partial charge in [0.15, 0.2) is 0 Å². The second-order valence-electron chi connectivity index (χ2n) is 3.84. The molecule has 1 aliphatic heterocycles. The molecule has 1 atom stereocenters. The molecular formula is C11H13FN2O. The Kier molecular flexibility index (Phi) is 2.44. The largest absolute Gasteiger partial charge is 0.330 e. The number of carbonyl (C=O) groups is 1. The van der Waals surface area contributed by atoms with Gasteiger partial charge in [-0.1, -0.05) is 6.07 Å². The molecule has 0 aliphatic carbocycles. The molecule has 0 radical (unpaired) electrons. The zero-order valence-corrected chi connectivity index (χ0v) is 8.51. The number of benzene rings is 1. The molecule has 0 aromatic heterocycles. The van der Waals surface area contributed by atoms with E-state index in [4.69, 9.17) is 5.73 Å². The fraction of sp³-hybridized carbons (Fsp3) is 0.364. The molecule has 4 heteroatoms. The standard InChI is InChI=1S/C11H13FN2O/c1-6-2-3-9(12)8-4-7(5-13)11(15)14-10(6)8/h2-3,7H,4-5,13H2,1H3,(H,14,15). The van der Waals surface area contributed by atoms with Crippen molar-refractivity contribution in [1.82, 2.24) is 0 Å². The average molecular weight is 208 g/mol. The van der Waals surface area contributed by atoms with Crippen LogP contribution in [0.5, 0.6) is 0 Å². The van der Waals surface area contributed by atoms with Crippen LogP contribution in [0.4, 0.5) is 10.1 Å². The quantitative estimate of drug-likeness (QED) is 0.728. The molecule has 0 bridgehead atoms. The van der Waals surface area contributed by atoms with E-state index >= 15 is 0 Å². The Morgan fingerprint density at radius 1 is 1.60 bits per heavy atom. The summed E-state index contributed by atoms with van der Waals surface area (Å²) in [5, 5.41) is 2.71. The van der Waals surface area contributed by atoms with Crippen LogP contribution in [0.3, 0.4) is 0 Å². The summed E-state index contributed by atoms with van der Waals surface area (Å²) in [6.07, 6.45) is 0.394. The summed E-state index contributed by atoms with van der Waals surface area (Å²) in [7, 11) is 0. The first kappa shape index (κ1) is 10.1. The molecule has 3 N–H and O–H groups in total. The summed E-state index contributed by atoms with van der Waals surface area (Å²) in [5.74, 6) is -0.693. The molecule has 1 amide bonds. The normalized spacial score (nSPS) is 19.7. The van der Waals surface area contributed by atoms with Gasteiger partial charge in [0.25, 0.3) is 0 Å². The number of hydrogen-bond acceptors (Lipinski definition) is 2. The van der Waals surface area contributed by atoms with Crippen LogP contribution in [0.1, 0.15) is 11.1 Å². The first-order valence-corrected chi connectivity index (χ1v) is 4.92. The van der Waals surface area contributed by atoms with Crippen molar-refractivity contribution in [2.75, 3.05) is 11.9 Å². The maximum absolute atomic E-state index is 13.5. The number of carbonyl (C=O) groups excluding carboxylic acids is 1. The summed E-state index contributed by atoms with van der Waals surface area (Å²) < 4.78 is 13.5. The Hall–Kier alpha value is -1.42. The minimum Gasteiger partial charge on any atom is -0.330 e. The first-order chi connectivity index (χ1) is 7.13. The van der Waals surface area contributed by atoms with Gasteiger partial charge in [-0.25, -0.2) is 4.39 Å². The van der Waals surface area contributed by atoms with Crippen LogP contribution in [0, 0.1) is 18.7 Å². The van der Waals surface area contributed by atoms with Crippen molar-refractivity contribution < 1.29 is 9.18 Å².